The maximum absolute atomic E-state index is 12.3. The van der Waals surface area contributed by atoms with Gasteiger partial charge in [0, 0.05) is 29.1 Å². The third kappa shape index (κ3) is 3.51. The first-order valence-electron chi connectivity index (χ1n) is 7.67. The molecule has 0 fully saturated rings. The predicted molar refractivity (Wildman–Crippen MR) is 92.0 cm³/mol. The molecule has 25 heavy (non-hydrogen) atoms. The van der Waals surface area contributed by atoms with Crippen molar-refractivity contribution in [3.05, 3.63) is 71.4 Å². The molecule has 0 aliphatic rings. The number of aromatic nitrogens is 1. The van der Waals surface area contributed by atoms with Crippen molar-refractivity contribution in [2.24, 2.45) is 0 Å². The van der Waals surface area contributed by atoms with Crippen molar-refractivity contribution in [3.8, 4) is 6.07 Å². The molecule has 0 aliphatic heterocycles. The zero-order chi connectivity index (χ0) is 17.8. The molecule has 0 unspecified atom stereocenters. The molecule has 0 spiro atoms. The van der Waals surface area contributed by atoms with Gasteiger partial charge in [-0.25, -0.2) is 4.79 Å². The Morgan fingerprint density at radius 3 is 2.56 bits per heavy atom. The number of nitrogens with one attached hydrogen (secondary N) is 2. The number of carboxylic acids is 1. The Balaban J connectivity index is 1.78. The number of benzene rings is 2. The van der Waals surface area contributed by atoms with Crippen LogP contribution in [-0.2, 0) is 11.2 Å². The van der Waals surface area contributed by atoms with Crippen LogP contribution in [0.25, 0.3) is 10.9 Å². The van der Waals surface area contributed by atoms with Gasteiger partial charge in [-0.05, 0) is 35.9 Å². The van der Waals surface area contributed by atoms with Gasteiger partial charge in [-0.3, -0.25) is 4.79 Å². The van der Waals surface area contributed by atoms with Gasteiger partial charge < -0.3 is 15.4 Å². The summed E-state index contributed by atoms with van der Waals surface area (Å²) in [5, 5.41) is 21.7. The normalized spacial score (nSPS) is 11.6. The van der Waals surface area contributed by atoms with Crippen LogP contribution in [0.15, 0.2) is 54.7 Å². The summed E-state index contributed by atoms with van der Waals surface area (Å²) in [5.41, 5.74) is 2.48. The summed E-state index contributed by atoms with van der Waals surface area (Å²) >= 11 is 0. The zero-order valence-electron chi connectivity index (χ0n) is 13.2. The molecule has 1 heterocycles. The number of nitriles is 1. The molecular formula is C19H15N3O3. The Bertz CT molecular complexity index is 967. The molecule has 0 radical (unpaired) electrons. The fourth-order valence-electron chi connectivity index (χ4n) is 2.66. The van der Waals surface area contributed by atoms with Crippen molar-refractivity contribution in [1.29, 1.82) is 5.26 Å². The van der Waals surface area contributed by atoms with Crippen LogP contribution in [0.5, 0.6) is 0 Å². The van der Waals surface area contributed by atoms with Crippen molar-refractivity contribution < 1.29 is 14.7 Å². The largest absolute Gasteiger partial charge is 0.480 e. The minimum absolute atomic E-state index is 0.168. The lowest BCUT2D eigenvalue weighted by Crippen LogP contribution is -2.42. The smallest absolute Gasteiger partial charge is 0.326 e. The molecule has 2 aromatic carbocycles. The SMILES string of the molecule is N#Cc1ccc(C(=O)N[C@@H](Cc2c[nH]c3ccccc23)C(=O)O)cc1. The highest BCUT2D eigenvalue weighted by atomic mass is 16.4. The Morgan fingerprint density at radius 1 is 1.16 bits per heavy atom. The number of H-pyrrole nitrogens is 1. The monoisotopic (exact) mass is 333 g/mol. The van der Waals surface area contributed by atoms with Gasteiger partial charge in [0.1, 0.15) is 6.04 Å². The Labute approximate surface area is 143 Å². The molecule has 0 aliphatic carbocycles. The van der Waals surface area contributed by atoms with E-state index >= 15 is 0 Å². The Kier molecular flexibility index (Phi) is 4.48. The number of aromatic amines is 1. The molecule has 0 saturated heterocycles. The summed E-state index contributed by atoms with van der Waals surface area (Å²) in [4.78, 5) is 26.9. The standard InChI is InChI=1S/C19H15N3O3/c20-10-12-5-7-13(8-6-12)18(23)22-17(19(24)25)9-14-11-21-16-4-2-1-3-15(14)16/h1-8,11,17,21H,9H2,(H,22,23)(H,24,25)/t17-/m0/s1. The molecule has 0 saturated carbocycles. The van der Waals surface area contributed by atoms with E-state index in [4.69, 9.17) is 5.26 Å². The number of aliphatic carboxylic acids is 1. The molecule has 1 aromatic heterocycles. The molecule has 3 rings (SSSR count). The van der Waals surface area contributed by atoms with Gasteiger partial charge in [-0.1, -0.05) is 18.2 Å². The van der Waals surface area contributed by atoms with Gasteiger partial charge in [0.15, 0.2) is 0 Å². The first-order chi connectivity index (χ1) is 12.1. The molecule has 1 amide bonds. The van der Waals surface area contributed by atoms with Gasteiger partial charge in [0.25, 0.3) is 5.91 Å². The zero-order valence-corrected chi connectivity index (χ0v) is 13.2. The number of carboxylic acid groups (broad SMARTS) is 1. The maximum atomic E-state index is 12.3. The molecule has 6 nitrogen and oxygen atoms in total. The lowest BCUT2D eigenvalue weighted by molar-refractivity contribution is -0.139. The topological polar surface area (TPSA) is 106 Å². The molecule has 0 bridgehead atoms. The first kappa shape index (κ1) is 16.3. The van der Waals surface area contributed by atoms with Crippen molar-refractivity contribution >= 4 is 22.8 Å². The molecule has 124 valence electrons. The van der Waals surface area contributed by atoms with Gasteiger partial charge >= 0.3 is 5.97 Å². The highest BCUT2D eigenvalue weighted by molar-refractivity contribution is 5.97. The van der Waals surface area contributed by atoms with Gasteiger partial charge in [0.2, 0.25) is 0 Å². The third-order valence-corrected chi connectivity index (χ3v) is 3.98. The first-order valence-corrected chi connectivity index (χ1v) is 7.67. The molecule has 3 aromatic rings. The number of para-hydroxylation sites is 1. The van der Waals surface area contributed by atoms with Crippen molar-refractivity contribution in [2.75, 3.05) is 0 Å². The predicted octanol–water partition coefficient (Wildman–Crippen LogP) is 2.47. The van der Waals surface area contributed by atoms with E-state index in [0.29, 0.717) is 11.1 Å². The van der Waals surface area contributed by atoms with Crippen molar-refractivity contribution in [3.63, 3.8) is 0 Å². The highest BCUT2D eigenvalue weighted by Gasteiger charge is 2.22. The average molecular weight is 333 g/mol. The molecule has 3 N–H and O–H groups in total. The van der Waals surface area contributed by atoms with E-state index in [1.165, 1.54) is 24.3 Å². The lowest BCUT2D eigenvalue weighted by atomic mass is 10.0. The Hall–Kier alpha value is -3.59. The molecule has 1 atom stereocenters. The number of hydrogen-bond donors (Lipinski definition) is 3. The molecular weight excluding hydrogens is 318 g/mol. The summed E-state index contributed by atoms with van der Waals surface area (Å²) in [6.07, 6.45) is 1.93. The fraction of sp³-hybridized carbons (Fsp3) is 0.105. The minimum atomic E-state index is -1.10. The van der Waals surface area contributed by atoms with E-state index in [1.54, 1.807) is 6.20 Å². The lowest BCUT2D eigenvalue weighted by Gasteiger charge is -2.14. The van der Waals surface area contributed by atoms with Crippen LogP contribution in [0.3, 0.4) is 0 Å². The van der Waals surface area contributed by atoms with Crippen molar-refractivity contribution in [2.45, 2.75) is 12.5 Å². The van der Waals surface area contributed by atoms with Crippen molar-refractivity contribution in [1.82, 2.24) is 10.3 Å². The molecule has 6 heteroatoms. The van der Waals surface area contributed by atoms with E-state index in [1.807, 2.05) is 30.3 Å². The summed E-state index contributed by atoms with van der Waals surface area (Å²) < 4.78 is 0. The van der Waals surface area contributed by atoms with Crippen LogP contribution in [-0.4, -0.2) is 28.0 Å². The minimum Gasteiger partial charge on any atom is -0.480 e. The second-order valence-corrected chi connectivity index (χ2v) is 5.62. The van der Waals surface area contributed by atoms with E-state index in [0.717, 1.165) is 16.5 Å². The number of rotatable bonds is 5. The number of hydrogen-bond acceptors (Lipinski definition) is 3. The fourth-order valence-corrected chi connectivity index (χ4v) is 2.66. The second kappa shape index (κ2) is 6.89. The highest BCUT2D eigenvalue weighted by Crippen LogP contribution is 2.19. The third-order valence-electron chi connectivity index (χ3n) is 3.98. The number of fused-ring (bicyclic) bond motifs is 1. The summed E-state index contributed by atoms with van der Waals surface area (Å²) in [6.45, 7) is 0. The number of nitrogens with zero attached hydrogens (tertiary/aromatic N) is 1. The Morgan fingerprint density at radius 2 is 1.88 bits per heavy atom. The van der Waals surface area contributed by atoms with Crippen LogP contribution in [0.4, 0.5) is 0 Å². The summed E-state index contributed by atoms with van der Waals surface area (Å²) in [6, 6.07) is 14.5. The van der Waals surface area contributed by atoms with Crippen LogP contribution < -0.4 is 5.32 Å². The summed E-state index contributed by atoms with van der Waals surface area (Å²) in [5.74, 6) is -1.59. The van der Waals surface area contributed by atoms with Gasteiger partial charge in [0.05, 0.1) is 11.6 Å². The number of carbonyl (C=O) groups excluding carboxylic acids is 1. The maximum Gasteiger partial charge on any atom is 0.326 e. The van der Waals surface area contributed by atoms with Crippen LogP contribution >= 0.6 is 0 Å². The summed E-state index contributed by atoms with van der Waals surface area (Å²) in [7, 11) is 0. The van der Waals surface area contributed by atoms with Crippen LogP contribution in [0.1, 0.15) is 21.5 Å². The van der Waals surface area contributed by atoms with E-state index in [2.05, 4.69) is 10.3 Å². The number of carbonyl (C=O) groups is 2. The van der Waals surface area contributed by atoms with Gasteiger partial charge in [-0.2, -0.15) is 5.26 Å². The van der Waals surface area contributed by atoms with Gasteiger partial charge in [-0.15, -0.1) is 0 Å². The van der Waals surface area contributed by atoms with Crippen LogP contribution in [0, 0.1) is 11.3 Å². The van der Waals surface area contributed by atoms with E-state index in [-0.39, 0.29) is 6.42 Å². The van der Waals surface area contributed by atoms with Crippen LogP contribution in [0.2, 0.25) is 0 Å². The second-order valence-electron chi connectivity index (χ2n) is 5.62. The average Bonchev–Trinajstić information content (AvgIpc) is 3.04. The van der Waals surface area contributed by atoms with E-state index in [9.17, 15) is 14.7 Å². The quantitative estimate of drug-likeness (QED) is 0.667. The van der Waals surface area contributed by atoms with E-state index < -0.39 is 17.9 Å². The number of amides is 1.